The van der Waals surface area contributed by atoms with Crippen molar-refractivity contribution in [2.75, 3.05) is 65.0 Å². The van der Waals surface area contributed by atoms with Crippen LogP contribution in [0.2, 0.25) is 5.02 Å². The third-order valence-electron chi connectivity index (χ3n) is 6.30. The second kappa shape index (κ2) is 9.89. The third-order valence-corrected chi connectivity index (χ3v) is 6.63. The lowest BCUT2D eigenvalue weighted by atomic mass is 10.1. The van der Waals surface area contributed by atoms with E-state index in [1.807, 2.05) is 12.1 Å². The summed E-state index contributed by atoms with van der Waals surface area (Å²) in [6, 6.07) is 9.09. The van der Waals surface area contributed by atoms with Crippen LogP contribution in [0.3, 0.4) is 0 Å². The molecule has 2 aliphatic rings. The van der Waals surface area contributed by atoms with Crippen molar-refractivity contribution in [1.82, 2.24) is 9.97 Å². The largest absolute Gasteiger partial charge is 0.378 e. The van der Waals surface area contributed by atoms with Crippen molar-refractivity contribution in [3.63, 3.8) is 0 Å². The standard InChI is InChI=1S/C24H28ClN7O2/c25-16-7-1-2-8-17(16)28-21-20(22(33)23(21)34)27-10-9-26-18-15-19(31-11-3-4-12-31)30-24(29-18)32-13-5-6-14-32/h1-2,7-8,15,27-28H,3-6,9-14H2,(H,26,29,30). The van der Waals surface area contributed by atoms with E-state index in [1.165, 1.54) is 12.8 Å². The molecule has 3 N–H and O–H groups in total. The van der Waals surface area contributed by atoms with Crippen LogP contribution < -0.4 is 36.6 Å². The Morgan fingerprint density at radius 1 is 0.824 bits per heavy atom. The van der Waals surface area contributed by atoms with Crippen molar-refractivity contribution in [2.24, 2.45) is 0 Å². The highest BCUT2D eigenvalue weighted by molar-refractivity contribution is 6.33. The zero-order chi connectivity index (χ0) is 23.5. The highest BCUT2D eigenvalue weighted by Gasteiger charge is 2.22. The summed E-state index contributed by atoms with van der Waals surface area (Å²) in [6.45, 7) is 4.97. The first-order valence-electron chi connectivity index (χ1n) is 11.8. The number of benzene rings is 1. The summed E-state index contributed by atoms with van der Waals surface area (Å²) >= 11 is 6.16. The first-order valence-corrected chi connectivity index (χ1v) is 12.2. The van der Waals surface area contributed by atoms with Gasteiger partial charge in [0.1, 0.15) is 23.0 Å². The van der Waals surface area contributed by atoms with Gasteiger partial charge in [0.05, 0.1) is 10.7 Å². The third kappa shape index (κ3) is 4.65. The van der Waals surface area contributed by atoms with Crippen LogP contribution in [0.1, 0.15) is 25.7 Å². The van der Waals surface area contributed by atoms with Crippen molar-refractivity contribution < 1.29 is 0 Å². The summed E-state index contributed by atoms with van der Waals surface area (Å²) in [5.74, 6) is 2.49. The maximum absolute atomic E-state index is 12.1. The second-order valence-corrected chi connectivity index (χ2v) is 9.07. The Kier molecular flexibility index (Phi) is 6.53. The van der Waals surface area contributed by atoms with E-state index >= 15 is 0 Å². The fraction of sp³-hybridized carbons (Fsp3) is 0.417. The van der Waals surface area contributed by atoms with Crippen molar-refractivity contribution in [2.45, 2.75) is 25.7 Å². The summed E-state index contributed by atoms with van der Waals surface area (Å²) in [4.78, 5) is 38.3. The lowest BCUT2D eigenvalue weighted by Gasteiger charge is -2.22. The van der Waals surface area contributed by atoms with Gasteiger partial charge >= 0.3 is 0 Å². The summed E-state index contributed by atoms with van der Waals surface area (Å²) < 4.78 is 0. The van der Waals surface area contributed by atoms with Gasteiger partial charge in [-0.15, -0.1) is 0 Å². The van der Waals surface area contributed by atoms with Crippen LogP contribution in [0.25, 0.3) is 0 Å². The monoisotopic (exact) mass is 481 g/mol. The summed E-state index contributed by atoms with van der Waals surface area (Å²) in [5.41, 5.74) is 0.0425. The Morgan fingerprint density at radius 2 is 1.47 bits per heavy atom. The smallest absolute Gasteiger partial charge is 0.253 e. The van der Waals surface area contributed by atoms with Crippen molar-refractivity contribution in [3.8, 4) is 0 Å². The minimum atomic E-state index is -0.545. The molecule has 0 bridgehead atoms. The Hall–Kier alpha value is -3.33. The summed E-state index contributed by atoms with van der Waals surface area (Å²) in [5, 5.41) is 9.88. The maximum Gasteiger partial charge on any atom is 0.253 e. The van der Waals surface area contributed by atoms with Gasteiger partial charge in [0.25, 0.3) is 10.9 Å². The lowest BCUT2D eigenvalue weighted by Crippen LogP contribution is -2.37. The summed E-state index contributed by atoms with van der Waals surface area (Å²) in [7, 11) is 0. The minimum Gasteiger partial charge on any atom is -0.378 e. The number of hydrogen-bond acceptors (Lipinski definition) is 9. The fourth-order valence-electron chi connectivity index (χ4n) is 4.43. The molecule has 5 rings (SSSR count). The van der Waals surface area contributed by atoms with Gasteiger partial charge in [0.2, 0.25) is 5.95 Å². The molecule has 178 valence electrons. The molecule has 34 heavy (non-hydrogen) atoms. The van der Waals surface area contributed by atoms with Gasteiger partial charge in [-0.3, -0.25) is 9.59 Å². The quantitative estimate of drug-likeness (QED) is 0.314. The lowest BCUT2D eigenvalue weighted by molar-refractivity contribution is 0.870. The molecule has 0 spiro atoms. The molecule has 2 aliphatic heterocycles. The molecule has 3 aromatic rings. The van der Waals surface area contributed by atoms with E-state index in [2.05, 4.69) is 25.8 Å². The number of halogens is 1. The number of nitrogens with zero attached hydrogens (tertiary/aromatic N) is 4. The number of hydrogen-bond donors (Lipinski definition) is 3. The van der Waals surface area contributed by atoms with Gasteiger partial charge in [-0.1, -0.05) is 23.7 Å². The zero-order valence-corrected chi connectivity index (χ0v) is 19.7. The van der Waals surface area contributed by atoms with Gasteiger partial charge in [-0.25, -0.2) is 0 Å². The molecule has 2 saturated heterocycles. The van der Waals surface area contributed by atoms with Crippen LogP contribution in [0.4, 0.5) is 34.6 Å². The van der Waals surface area contributed by atoms with Gasteiger partial charge < -0.3 is 25.8 Å². The molecular weight excluding hydrogens is 454 g/mol. The molecule has 9 nitrogen and oxygen atoms in total. The number of para-hydroxylation sites is 1. The van der Waals surface area contributed by atoms with Gasteiger partial charge in [-0.05, 0) is 37.8 Å². The van der Waals surface area contributed by atoms with Crippen LogP contribution in [-0.2, 0) is 0 Å². The average molecular weight is 482 g/mol. The molecule has 10 heteroatoms. The predicted octanol–water partition coefficient (Wildman–Crippen LogP) is 3.19. The Bertz CT molecular complexity index is 1190. The molecule has 0 amide bonds. The molecule has 0 atom stereocenters. The van der Waals surface area contributed by atoms with Gasteiger partial charge in [0, 0.05) is 45.3 Å². The average Bonchev–Trinajstić information content (AvgIpc) is 3.58. The number of aromatic nitrogens is 2. The van der Waals surface area contributed by atoms with E-state index in [0.29, 0.717) is 23.8 Å². The number of anilines is 6. The first-order chi connectivity index (χ1) is 16.6. The van der Waals surface area contributed by atoms with E-state index in [-0.39, 0.29) is 11.4 Å². The van der Waals surface area contributed by atoms with Crippen LogP contribution >= 0.6 is 11.6 Å². The van der Waals surface area contributed by atoms with Crippen LogP contribution in [0, 0.1) is 0 Å². The molecule has 2 aromatic carbocycles. The Morgan fingerprint density at radius 3 is 2.21 bits per heavy atom. The highest BCUT2D eigenvalue weighted by Crippen LogP contribution is 2.27. The van der Waals surface area contributed by atoms with E-state index < -0.39 is 10.9 Å². The number of rotatable bonds is 9. The maximum atomic E-state index is 12.1. The Balaban J connectivity index is 1.23. The van der Waals surface area contributed by atoms with Crippen LogP contribution in [-0.4, -0.2) is 49.2 Å². The predicted molar refractivity (Wildman–Crippen MR) is 138 cm³/mol. The van der Waals surface area contributed by atoms with Crippen molar-refractivity contribution >= 4 is 46.2 Å². The molecule has 0 saturated carbocycles. The van der Waals surface area contributed by atoms with E-state index in [4.69, 9.17) is 21.6 Å². The van der Waals surface area contributed by atoms with Gasteiger partial charge in [0.15, 0.2) is 0 Å². The van der Waals surface area contributed by atoms with E-state index in [0.717, 1.165) is 56.6 Å². The molecule has 0 unspecified atom stereocenters. The van der Waals surface area contributed by atoms with Crippen LogP contribution in [0.5, 0.6) is 0 Å². The topological polar surface area (TPSA) is 102 Å². The SMILES string of the molecule is O=c1c(NCCNc2cc(N3CCCC3)nc(N3CCCC3)n2)c(Nc2ccccc2Cl)c1=O. The molecule has 3 heterocycles. The Labute approximate surface area is 202 Å². The molecule has 0 radical (unpaired) electrons. The van der Waals surface area contributed by atoms with E-state index in [9.17, 15) is 9.59 Å². The van der Waals surface area contributed by atoms with Crippen molar-refractivity contribution in [1.29, 1.82) is 0 Å². The fourth-order valence-corrected chi connectivity index (χ4v) is 4.62. The number of nitrogens with one attached hydrogen (secondary N) is 3. The first kappa shape index (κ1) is 22.5. The molecule has 0 aliphatic carbocycles. The highest BCUT2D eigenvalue weighted by atomic mass is 35.5. The zero-order valence-electron chi connectivity index (χ0n) is 18.9. The van der Waals surface area contributed by atoms with Crippen LogP contribution in [0.15, 0.2) is 39.9 Å². The molecular formula is C24H28ClN7O2. The van der Waals surface area contributed by atoms with Gasteiger partial charge in [-0.2, -0.15) is 9.97 Å². The summed E-state index contributed by atoms with van der Waals surface area (Å²) in [6.07, 6.45) is 4.69. The van der Waals surface area contributed by atoms with E-state index in [1.54, 1.807) is 18.2 Å². The normalized spacial score (nSPS) is 15.8. The molecule has 1 aromatic heterocycles. The van der Waals surface area contributed by atoms with Crippen molar-refractivity contribution in [3.05, 3.63) is 55.8 Å². The minimum absolute atomic E-state index is 0.243. The second-order valence-electron chi connectivity index (χ2n) is 8.67. The molecule has 2 fully saturated rings.